The lowest BCUT2D eigenvalue weighted by molar-refractivity contribution is 0.112. The van der Waals surface area contributed by atoms with Gasteiger partial charge in [-0.25, -0.2) is 0 Å². The van der Waals surface area contributed by atoms with E-state index < -0.39 is 0 Å². The van der Waals surface area contributed by atoms with Crippen LogP contribution in [0.1, 0.15) is 10.4 Å². The largest absolute Gasteiger partial charge is 0.482 e. The molecule has 0 saturated heterocycles. The first-order chi connectivity index (χ1) is 8.35. The van der Waals surface area contributed by atoms with Crippen molar-refractivity contribution in [1.82, 2.24) is 0 Å². The van der Waals surface area contributed by atoms with E-state index in [1.165, 1.54) is 0 Å². The van der Waals surface area contributed by atoms with Crippen LogP contribution in [-0.2, 0) is 0 Å². The van der Waals surface area contributed by atoms with Crippen molar-refractivity contribution < 1.29 is 9.53 Å². The Balaban J connectivity index is 2.45. The summed E-state index contributed by atoms with van der Waals surface area (Å²) in [5.41, 5.74) is 2.99. The number of hydrogen-bond donors (Lipinski definition) is 0. The average Bonchev–Trinajstić information content (AvgIpc) is 2.40. The Labute approximate surface area is 108 Å². The van der Waals surface area contributed by atoms with Crippen molar-refractivity contribution in [3.8, 4) is 16.9 Å². The van der Waals surface area contributed by atoms with E-state index in [1.54, 1.807) is 6.07 Å². The van der Waals surface area contributed by atoms with Crippen LogP contribution in [0.5, 0.6) is 5.75 Å². The number of carbonyl (C=O) groups excluding carboxylic acids is 1. The Hall–Kier alpha value is -1.61. The lowest BCUT2D eigenvalue weighted by Crippen LogP contribution is -1.92. The average molecular weight is 291 g/mol. The van der Waals surface area contributed by atoms with E-state index in [0.717, 1.165) is 17.4 Å². The fraction of sp³-hybridized carbons (Fsp3) is 0.0714. The summed E-state index contributed by atoms with van der Waals surface area (Å²) in [4.78, 5) is 11.1. The van der Waals surface area contributed by atoms with Gasteiger partial charge in [0.2, 0.25) is 0 Å². The number of halogens is 1. The zero-order chi connectivity index (χ0) is 12.1. The fourth-order valence-corrected chi connectivity index (χ4v) is 1.94. The first-order valence-electron chi connectivity index (χ1n) is 5.18. The molecule has 0 aromatic heterocycles. The summed E-state index contributed by atoms with van der Waals surface area (Å²) < 4.78 is 5.30. The van der Waals surface area contributed by atoms with E-state index in [2.05, 4.69) is 15.9 Å². The molecule has 86 valence electrons. The van der Waals surface area contributed by atoms with Gasteiger partial charge < -0.3 is 4.74 Å². The molecule has 0 bridgehead atoms. The van der Waals surface area contributed by atoms with E-state index in [0.29, 0.717) is 16.8 Å². The number of ether oxygens (including phenoxy) is 1. The first kappa shape index (κ1) is 11.9. The molecule has 0 amide bonds. The van der Waals surface area contributed by atoms with Gasteiger partial charge in [0, 0.05) is 5.56 Å². The van der Waals surface area contributed by atoms with Crippen LogP contribution in [-0.4, -0.2) is 11.8 Å². The molecule has 0 saturated carbocycles. The van der Waals surface area contributed by atoms with Crippen molar-refractivity contribution in [2.75, 3.05) is 5.52 Å². The van der Waals surface area contributed by atoms with Gasteiger partial charge in [-0.15, -0.1) is 0 Å². The molecular weight excluding hydrogens is 280 g/mol. The Morgan fingerprint density at radius 3 is 2.53 bits per heavy atom. The summed E-state index contributed by atoms with van der Waals surface area (Å²) in [6.07, 6.45) is 0.851. The number of benzene rings is 2. The SMILES string of the molecule is O=Cc1cc(OCBr)ccc1-c1ccccc1. The Kier molecular flexibility index (Phi) is 3.94. The summed E-state index contributed by atoms with van der Waals surface area (Å²) >= 11 is 3.19. The molecule has 2 aromatic rings. The Morgan fingerprint density at radius 1 is 1.12 bits per heavy atom. The molecule has 0 heterocycles. The lowest BCUT2D eigenvalue weighted by Gasteiger charge is -2.08. The molecule has 0 spiro atoms. The van der Waals surface area contributed by atoms with Crippen LogP contribution in [0.4, 0.5) is 0 Å². The highest BCUT2D eigenvalue weighted by Crippen LogP contribution is 2.26. The number of alkyl halides is 1. The number of rotatable bonds is 4. The van der Waals surface area contributed by atoms with Crippen LogP contribution in [0.2, 0.25) is 0 Å². The second-order valence-corrected chi connectivity index (χ2v) is 3.94. The van der Waals surface area contributed by atoms with Crippen LogP contribution in [0.25, 0.3) is 11.1 Å². The fourth-order valence-electron chi connectivity index (χ4n) is 1.67. The van der Waals surface area contributed by atoms with Gasteiger partial charge in [-0.2, -0.15) is 0 Å². The maximum Gasteiger partial charge on any atom is 0.150 e. The molecule has 17 heavy (non-hydrogen) atoms. The van der Waals surface area contributed by atoms with Crippen molar-refractivity contribution in [3.63, 3.8) is 0 Å². The molecule has 0 aliphatic carbocycles. The molecule has 3 heteroatoms. The minimum Gasteiger partial charge on any atom is -0.482 e. The van der Waals surface area contributed by atoms with Crippen LogP contribution in [0, 0.1) is 0 Å². The maximum atomic E-state index is 11.1. The minimum atomic E-state index is 0.413. The first-order valence-corrected chi connectivity index (χ1v) is 6.30. The molecule has 0 atom stereocenters. The third kappa shape index (κ3) is 2.74. The van der Waals surface area contributed by atoms with Crippen LogP contribution in [0.3, 0.4) is 0 Å². The molecular formula is C14H11BrO2. The molecule has 0 unspecified atom stereocenters. The van der Waals surface area contributed by atoms with Gasteiger partial charge in [-0.1, -0.05) is 30.3 Å². The summed E-state index contributed by atoms with van der Waals surface area (Å²) in [6.45, 7) is 0. The smallest absolute Gasteiger partial charge is 0.150 e. The topological polar surface area (TPSA) is 26.3 Å². The molecule has 0 fully saturated rings. The molecule has 2 rings (SSSR count). The predicted octanol–water partition coefficient (Wildman–Crippen LogP) is 3.90. The second-order valence-electron chi connectivity index (χ2n) is 3.49. The quantitative estimate of drug-likeness (QED) is 0.631. The molecule has 0 aliphatic heterocycles. The summed E-state index contributed by atoms with van der Waals surface area (Å²) in [6, 6.07) is 15.3. The van der Waals surface area contributed by atoms with Crippen molar-refractivity contribution >= 4 is 22.2 Å². The van der Waals surface area contributed by atoms with Crippen molar-refractivity contribution in [2.24, 2.45) is 0 Å². The zero-order valence-electron chi connectivity index (χ0n) is 9.10. The Morgan fingerprint density at radius 2 is 1.88 bits per heavy atom. The van der Waals surface area contributed by atoms with E-state index in [9.17, 15) is 4.79 Å². The van der Waals surface area contributed by atoms with Gasteiger partial charge in [0.1, 0.15) is 11.3 Å². The highest BCUT2D eigenvalue weighted by atomic mass is 79.9. The van der Waals surface area contributed by atoms with Crippen LogP contribution >= 0.6 is 15.9 Å². The molecule has 0 aliphatic rings. The van der Waals surface area contributed by atoms with E-state index >= 15 is 0 Å². The molecule has 2 aromatic carbocycles. The normalized spacial score (nSPS) is 9.94. The Bertz CT molecular complexity index is 509. The molecule has 0 N–H and O–H groups in total. The van der Waals surface area contributed by atoms with E-state index in [-0.39, 0.29) is 0 Å². The summed E-state index contributed by atoms with van der Waals surface area (Å²) in [5.74, 6) is 0.684. The number of carbonyl (C=O) groups is 1. The zero-order valence-corrected chi connectivity index (χ0v) is 10.7. The lowest BCUT2D eigenvalue weighted by atomic mass is 10.0. The van der Waals surface area contributed by atoms with Crippen LogP contribution < -0.4 is 4.74 Å². The third-order valence-electron chi connectivity index (χ3n) is 2.46. The van der Waals surface area contributed by atoms with Crippen molar-refractivity contribution in [1.29, 1.82) is 0 Å². The van der Waals surface area contributed by atoms with Gasteiger partial charge in [-0.05, 0) is 45.3 Å². The van der Waals surface area contributed by atoms with Gasteiger partial charge in [-0.3, -0.25) is 4.79 Å². The maximum absolute atomic E-state index is 11.1. The van der Waals surface area contributed by atoms with Gasteiger partial charge in [0.25, 0.3) is 0 Å². The summed E-state index contributed by atoms with van der Waals surface area (Å²) in [7, 11) is 0. The summed E-state index contributed by atoms with van der Waals surface area (Å²) in [5, 5.41) is 0. The highest BCUT2D eigenvalue weighted by molar-refractivity contribution is 9.09. The third-order valence-corrected chi connectivity index (χ3v) is 2.68. The number of aldehydes is 1. The van der Waals surface area contributed by atoms with Gasteiger partial charge in [0.05, 0.1) is 0 Å². The number of hydrogen-bond acceptors (Lipinski definition) is 2. The predicted molar refractivity (Wildman–Crippen MR) is 71.7 cm³/mol. The molecule has 2 nitrogen and oxygen atoms in total. The van der Waals surface area contributed by atoms with Crippen molar-refractivity contribution in [3.05, 3.63) is 54.1 Å². The van der Waals surface area contributed by atoms with Crippen LogP contribution in [0.15, 0.2) is 48.5 Å². The molecule has 0 radical (unpaired) electrons. The monoisotopic (exact) mass is 290 g/mol. The standard InChI is InChI=1S/C14H11BrO2/c15-10-17-13-6-7-14(12(8-13)9-16)11-4-2-1-3-5-11/h1-9H,10H2. The minimum absolute atomic E-state index is 0.413. The highest BCUT2D eigenvalue weighted by Gasteiger charge is 2.05. The van der Waals surface area contributed by atoms with Gasteiger partial charge in [0.15, 0.2) is 6.29 Å². The van der Waals surface area contributed by atoms with E-state index in [4.69, 9.17) is 4.74 Å². The second kappa shape index (κ2) is 5.64. The van der Waals surface area contributed by atoms with E-state index in [1.807, 2.05) is 42.5 Å². The van der Waals surface area contributed by atoms with Crippen molar-refractivity contribution in [2.45, 2.75) is 0 Å². The van der Waals surface area contributed by atoms with Gasteiger partial charge >= 0.3 is 0 Å².